The Labute approximate surface area is 190 Å². The number of halogens is 2. The van der Waals surface area contributed by atoms with Gasteiger partial charge in [0, 0.05) is 17.3 Å². The molecule has 2 N–H and O–H groups in total. The number of aryl methyl sites for hydroxylation is 1. The van der Waals surface area contributed by atoms with Gasteiger partial charge in [-0.3, -0.25) is 4.57 Å². The zero-order valence-electron chi connectivity index (χ0n) is 16.9. The number of rotatable bonds is 7. The molecule has 3 aromatic rings. The number of benzene rings is 2. The van der Waals surface area contributed by atoms with Crippen LogP contribution in [0.1, 0.15) is 36.8 Å². The summed E-state index contributed by atoms with van der Waals surface area (Å²) in [6.07, 6.45) is 0. The van der Waals surface area contributed by atoms with Gasteiger partial charge in [-0.05, 0) is 50.1 Å². The number of hydrogen-bond acceptors (Lipinski definition) is 4. The largest absolute Gasteiger partial charge is 0.338 e. The molecule has 0 bridgehead atoms. The molecule has 1 unspecified atom stereocenters. The lowest BCUT2D eigenvalue weighted by atomic mass is 10.1. The third-order valence-corrected chi connectivity index (χ3v) is 6.01. The average molecular weight is 464 g/mol. The molecule has 0 aliphatic heterocycles. The minimum Gasteiger partial charge on any atom is -0.338 e. The highest BCUT2D eigenvalue weighted by Gasteiger charge is 2.22. The van der Waals surface area contributed by atoms with Crippen LogP contribution in [0.3, 0.4) is 0 Å². The summed E-state index contributed by atoms with van der Waals surface area (Å²) in [5.41, 5.74) is 3.14. The van der Waals surface area contributed by atoms with Crippen molar-refractivity contribution in [3.63, 3.8) is 0 Å². The maximum Gasteiger partial charge on any atom is 0.315 e. The van der Waals surface area contributed by atoms with Crippen molar-refractivity contribution in [1.29, 1.82) is 0 Å². The molecule has 0 fully saturated rings. The fourth-order valence-corrected chi connectivity index (χ4v) is 4.45. The van der Waals surface area contributed by atoms with E-state index in [0.717, 1.165) is 5.75 Å². The van der Waals surface area contributed by atoms with E-state index in [9.17, 15) is 4.79 Å². The standard InChI is InChI=1S/C21H23Cl2N5OS/c1-4-24-20(29)25-14(3)19-26-27-21(30-12-15-8-6-5-7-13(15)2)28(19)18-10-9-16(22)11-17(18)23/h5-11,14H,4,12H2,1-3H3,(H2,24,25,29). The molecule has 158 valence electrons. The molecule has 3 rings (SSSR count). The second-order valence-corrected chi connectivity index (χ2v) is 8.50. The van der Waals surface area contributed by atoms with Gasteiger partial charge < -0.3 is 10.6 Å². The zero-order chi connectivity index (χ0) is 21.7. The smallest absolute Gasteiger partial charge is 0.315 e. The predicted molar refractivity (Wildman–Crippen MR) is 123 cm³/mol. The Morgan fingerprint density at radius 2 is 1.97 bits per heavy atom. The molecule has 0 saturated carbocycles. The first-order valence-electron chi connectivity index (χ1n) is 9.53. The molecule has 0 radical (unpaired) electrons. The van der Waals surface area contributed by atoms with Gasteiger partial charge >= 0.3 is 6.03 Å². The van der Waals surface area contributed by atoms with E-state index in [2.05, 4.69) is 39.9 Å². The summed E-state index contributed by atoms with van der Waals surface area (Å²) in [5.74, 6) is 1.31. The van der Waals surface area contributed by atoms with E-state index < -0.39 is 0 Å². The Bertz CT molecular complexity index is 1040. The van der Waals surface area contributed by atoms with Gasteiger partial charge in [0.05, 0.1) is 16.8 Å². The van der Waals surface area contributed by atoms with E-state index in [-0.39, 0.29) is 12.1 Å². The van der Waals surface area contributed by atoms with Gasteiger partial charge in [0.15, 0.2) is 11.0 Å². The Morgan fingerprint density at radius 3 is 2.67 bits per heavy atom. The van der Waals surface area contributed by atoms with Gasteiger partial charge in [-0.1, -0.05) is 59.2 Å². The first-order valence-corrected chi connectivity index (χ1v) is 11.3. The van der Waals surface area contributed by atoms with Crippen LogP contribution in [0.25, 0.3) is 5.69 Å². The topological polar surface area (TPSA) is 71.8 Å². The number of hydrogen-bond donors (Lipinski definition) is 2. The molecule has 0 saturated heterocycles. The molecule has 0 aliphatic carbocycles. The van der Waals surface area contributed by atoms with Gasteiger partial charge in [0.2, 0.25) is 0 Å². The molecule has 0 spiro atoms. The molecule has 6 nitrogen and oxygen atoms in total. The summed E-state index contributed by atoms with van der Waals surface area (Å²) in [4.78, 5) is 12.0. The lowest BCUT2D eigenvalue weighted by Gasteiger charge is -2.17. The molecule has 9 heteroatoms. The van der Waals surface area contributed by atoms with Crippen molar-refractivity contribution in [3.8, 4) is 5.69 Å². The number of thioether (sulfide) groups is 1. The number of amides is 2. The fourth-order valence-electron chi connectivity index (χ4n) is 2.93. The molecule has 1 atom stereocenters. The summed E-state index contributed by atoms with van der Waals surface area (Å²) in [7, 11) is 0. The van der Waals surface area contributed by atoms with Crippen LogP contribution in [0.5, 0.6) is 0 Å². The van der Waals surface area contributed by atoms with Crippen molar-refractivity contribution in [2.75, 3.05) is 6.54 Å². The monoisotopic (exact) mass is 463 g/mol. The molecule has 30 heavy (non-hydrogen) atoms. The quantitative estimate of drug-likeness (QED) is 0.450. The lowest BCUT2D eigenvalue weighted by molar-refractivity contribution is 0.238. The molecule has 2 aromatic carbocycles. The van der Waals surface area contributed by atoms with Crippen LogP contribution in [0.15, 0.2) is 47.6 Å². The third kappa shape index (κ3) is 5.28. The number of carbonyl (C=O) groups is 1. The van der Waals surface area contributed by atoms with Crippen LogP contribution in [0, 0.1) is 6.92 Å². The van der Waals surface area contributed by atoms with Crippen LogP contribution in [-0.2, 0) is 5.75 Å². The maximum atomic E-state index is 12.0. The zero-order valence-corrected chi connectivity index (χ0v) is 19.3. The van der Waals surface area contributed by atoms with Gasteiger partial charge in [-0.2, -0.15) is 0 Å². The van der Waals surface area contributed by atoms with Crippen LogP contribution >= 0.6 is 35.0 Å². The van der Waals surface area contributed by atoms with Crippen LogP contribution < -0.4 is 10.6 Å². The van der Waals surface area contributed by atoms with Crippen molar-refractivity contribution < 1.29 is 4.79 Å². The fraction of sp³-hybridized carbons (Fsp3) is 0.286. The molecule has 1 aromatic heterocycles. The molecule has 1 heterocycles. The number of nitrogens with one attached hydrogen (secondary N) is 2. The summed E-state index contributed by atoms with van der Waals surface area (Å²) in [6.45, 7) is 6.34. The first-order chi connectivity index (χ1) is 14.4. The van der Waals surface area contributed by atoms with E-state index in [1.807, 2.05) is 36.6 Å². The average Bonchev–Trinajstić information content (AvgIpc) is 3.11. The SMILES string of the molecule is CCNC(=O)NC(C)c1nnc(SCc2ccccc2C)n1-c1ccc(Cl)cc1Cl. The van der Waals surface area contributed by atoms with E-state index in [0.29, 0.717) is 33.3 Å². The molecule has 0 aliphatic rings. The molecular weight excluding hydrogens is 441 g/mol. The minimum atomic E-state index is -0.386. The number of carbonyl (C=O) groups excluding carboxylic acids is 1. The van der Waals surface area contributed by atoms with Gasteiger partial charge in [-0.25, -0.2) is 4.79 Å². The van der Waals surface area contributed by atoms with Crippen LogP contribution in [-0.4, -0.2) is 27.3 Å². The Kier molecular flexibility index (Phi) is 7.64. The second kappa shape index (κ2) is 10.2. The Hall–Kier alpha value is -2.22. The predicted octanol–water partition coefficient (Wildman–Crippen LogP) is 5.55. The Morgan fingerprint density at radius 1 is 1.20 bits per heavy atom. The van der Waals surface area contributed by atoms with Crippen molar-refractivity contribution in [2.24, 2.45) is 0 Å². The normalized spacial score (nSPS) is 11.9. The van der Waals surface area contributed by atoms with Gasteiger partial charge in [-0.15, -0.1) is 10.2 Å². The second-order valence-electron chi connectivity index (χ2n) is 6.71. The lowest BCUT2D eigenvalue weighted by Crippen LogP contribution is -2.37. The van der Waals surface area contributed by atoms with Crippen molar-refractivity contribution >= 4 is 41.0 Å². The van der Waals surface area contributed by atoms with Gasteiger partial charge in [0.1, 0.15) is 0 Å². The summed E-state index contributed by atoms with van der Waals surface area (Å²) in [5, 5.41) is 16.1. The van der Waals surface area contributed by atoms with Gasteiger partial charge in [0.25, 0.3) is 0 Å². The van der Waals surface area contributed by atoms with Crippen LogP contribution in [0.2, 0.25) is 10.0 Å². The summed E-state index contributed by atoms with van der Waals surface area (Å²) >= 11 is 14.1. The first kappa shape index (κ1) is 22.5. The molecular formula is C21H23Cl2N5OS. The number of nitrogens with zero attached hydrogens (tertiary/aromatic N) is 3. The molecule has 2 amide bonds. The maximum absolute atomic E-state index is 12.0. The number of aromatic nitrogens is 3. The van der Waals surface area contributed by atoms with E-state index in [1.54, 1.807) is 23.9 Å². The number of urea groups is 1. The summed E-state index contributed by atoms with van der Waals surface area (Å²) < 4.78 is 1.87. The van der Waals surface area contributed by atoms with Crippen molar-refractivity contribution in [3.05, 3.63) is 69.5 Å². The Balaban J connectivity index is 1.97. The van der Waals surface area contributed by atoms with E-state index >= 15 is 0 Å². The highest BCUT2D eigenvalue weighted by Crippen LogP contribution is 2.32. The van der Waals surface area contributed by atoms with Crippen LogP contribution in [0.4, 0.5) is 4.79 Å². The van der Waals surface area contributed by atoms with E-state index in [1.165, 1.54) is 11.1 Å². The van der Waals surface area contributed by atoms with E-state index in [4.69, 9.17) is 23.2 Å². The summed E-state index contributed by atoms with van der Waals surface area (Å²) in [6, 6.07) is 12.8. The minimum absolute atomic E-state index is 0.268. The van der Waals surface area contributed by atoms with Crippen molar-refractivity contribution in [2.45, 2.75) is 37.7 Å². The highest BCUT2D eigenvalue weighted by atomic mass is 35.5. The third-order valence-electron chi connectivity index (χ3n) is 4.50. The highest BCUT2D eigenvalue weighted by molar-refractivity contribution is 7.98. The van der Waals surface area contributed by atoms with Crippen molar-refractivity contribution in [1.82, 2.24) is 25.4 Å².